The van der Waals surface area contributed by atoms with E-state index in [-0.39, 0.29) is 17.9 Å². The molecule has 2 N–H and O–H groups in total. The number of amides is 1. The van der Waals surface area contributed by atoms with Gasteiger partial charge >= 0.3 is 6.09 Å². The minimum Gasteiger partial charge on any atom is -0.444 e. The highest BCUT2D eigenvalue weighted by Gasteiger charge is 2.28. The summed E-state index contributed by atoms with van der Waals surface area (Å²) in [6.07, 6.45) is 5.07. The number of anilines is 2. The fraction of sp³-hybridized carbons (Fsp3) is 0.412. The third-order valence-electron chi connectivity index (χ3n) is 7.54. The third-order valence-corrected chi connectivity index (χ3v) is 8.90. The van der Waals surface area contributed by atoms with Crippen LogP contribution in [0.4, 0.5) is 16.4 Å². The minimum absolute atomic E-state index is 0.0407. The molecule has 12 nitrogen and oxygen atoms in total. The number of methoxy groups -OCH3 is 1. The zero-order valence-electron chi connectivity index (χ0n) is 27.4. The third kappa shape index (κ3) is 8.86. The Hall–Kier alpha value is -4.49. The lowest BCUT2D eigenvalue weighted by atomic mass is 10.0. The van der Waals surface area contributed by atoms with Crippen molar-refractivity contribution in [3.63, 3.8) is 0 Å². The number of carbonyl (C=O) groups excluding carboxylic acids is 1. The molecule has 5 rings (SSSR count). The van der Waals surface area contributed by atoms with Crippen LogP contribution in [0.3, 0.4) is 0 Å². The average Bonchev–Trinajstić information content (AvgIpc) is 3.02. The second-order valence-corrected chi connectivity index (χ2v) is 14.4. The predicted octanol–water partition coefficient (Wildman–Crippen LogP) is 6.38. The number of nitrogens with zero attached hydrogens (tertiary/aromatic N) is 4. The van der Waals surface area contributed by atoms with Crippen molar-refractivity contribution in [2.45, 2.75) is 58.6 Å². The van der Waals surface area contributed by atoms with E-state index in [9.17, 15) is 13.2 Å². The molecule has 13 heteroatoms. The Morgan fingerprint density at radius 3 is 2.66 bits per heavy atom. The molecule has 0 radical (unpaired) electrons. The molecule has 1 aliphatic heterocycles. The van der Waals surface area contributed by atoms with Crippen molar-refractivity contribution in [2.75, 3.05) is 42.6 Å². The Kier molecular flexibility index (Phi) is 10.5. The Balaban J connectivity index is 1.38. The van der Waals surface area contributed by atoms with Gasteiger partial charge in [0.1, 0.15) is 11.4 Å². The highest BCUT2D eigenvalue weighted by atomic mass is 32.2. The standard InChI is InChI=1S/C34H42N6O6S/c1-23-14-15-25-26(11-6-13-29(25)39-47(42,43)21-9-20-44-5)30(23)45-31-27(12-7-17-35-31)28-16-18-36-32(38-28)37-24-10-8-19-40(22-24)33(41)46-34(2,3)4/h6-7,11-18,24,39H,8-10,19-22H2,1-5H3,(H,36,37,38)/t24-/m0/s1. The summed E-state index contributed by atoms with van der Waals surface area (Å²) < 4.78 is 45.3. The molecule has 1 saturated heterocycles. The highest BCUT2D eigenvalue weighted by molar-refractivity contribution is 7.92. The summed E-state index contributed by atoms with van der Waals surface area (Å²) in [5.74, 6) is 1.27. The van der Waals surface area contributed by atoms with E-state index < -0.39 is 15.6 Å². The Morgan fingerprint density at radius 2 is 1.87 bits per heavy atom. The summed E-state index contributed by atoms with van der Waals surface area (Å²) in [4.78, 5) is 28.1. The maximum Gasteiger partial charge on any atom is 0.410 e. The first kappa shape index (κ1) is 33.9. The molecule has 0 aliphatic carbocycles. The van der Waals surface area contributed by atoms with E-state index in [4.69, 9.17) is 19.2 Å². The summed E-state index contributed by atoms with van der Waals surface area (Å²) in [5.41, 5.74) is 2.01. The van der Waals surface area contributed by atoms with E-state index in [0.717, 1.165) is 23.8 Å². The molecule has 0 bridgehead atoms. The summed E-state index contributed by atoms with van der Waals surface area (Å²) in [6, 6.07) is 14.6. The fourth-order valence-electron chi connectivity index (χ4n) is 5.39. The first-order valence-corrected chi connectivity index (χ1v) is 17.3. The molecule has 2 aromatic carbocycles. The number of hydrogen-bond acceptors (Lipinski definition) is 10. The molecule has 1 fully saturated rings. The van der Waals surface area contributed by atoms with Crippen LogP contribution in [0.1, 0.15) is 45.6 Å². The lowest BCUT2D eigenvalue weighted by Crippen LogP contribution is -2.47. The number of rotatable bonds is 11. The monoisotopic (exact) mass is 662 g/mol. The molecule has 4 aromatic rings. The van der Waals surface area contributed by atoms with Crippen LogP contribution >= 0.6 is 0 Å². The van der Waals surface area contributed by atoms with Crippen LogP contribution in [0, 0.1) is 6.92 Å². The summed E-state index contributed by atoms with van der Waals surface area (Å²) in [6.45, 7) is 8.98. The number of pyridine rings is 1. The maximum atomic E-state index is 12.8. The number of likely N-dealkylation sites (tertiary alicyclic amines) is 1. The number of piperidine rings is 1. The first-order chi connectivity index (χ1) is 22.4. The number of fused-ring (bicyclic) bond motifs is 1. The van der Waals surface area contributed by atoms with Gasteiger partial charge in [-0.15, -0.1) is 0 Å². The van der Waals surface area contributed by atoms with E-state index in [1.807, 2.05) is 58.0 Å². The maximum absolute atomic E-state index is 12.8. The number of hydrogen-bond donors (Lipinski definition) is 2. The van der Waals surface area contributed by atoms with Crippen LogP contribution in [0.5, 0.6) is 11.6 Å². The SMILES string of the molecule is COCCCS(=O)(=O)Nc1cccc2c(Oc3ncccc3-c3ccnc(N[C@H]4CCCN(C(=O)OC(C)(C)C)C4)n3)c(C)ccc12. The molecular weight excluding hydrogens is 620 g/mol. The van der Waals surface area contributed by atoms with Crippen molar-refractivity contribution >= 4 is 38.5 Å². The van der Waals surface area contributed by atoms with Crippen LogP contribution in [-0.2, 0) is 19.5 Å². The van der Waals surface area contributed by atoms with Gasteiger partial charge in [-0.05, 0) is 76.8 Å². The quantitative estimate of drug-likeness (QED) is 0.174. The van der Waals surface area contributed by atoms with Crippen molar-refractivity contribution in [1.29, 1.82) is 0 Å². The number of nitrogens with one attached hydrogen (secondary N) is 2. The molecule has 0 unspecified atom stereocenters. The molecule has 1 amide bonds. The minimum atomic E-state index is -3.58. The van der Waals surface area contributed by atoms with E-state index in [2.05, 4.69) is 20.0 Å². The predicted molar refractivity (Wildman–Crippen MR) is 182 cm³/mol. The number of aromatic nitrogens is 3. The van der Waals surface area contributed by atoms with E-state index in [1.165, 1.54) is 0 Å². The van der Waals surface area contributed by atoms with Gasteiger partial charge in [0, 0.05) is 56.0 Å². The smallest absolute Gasteiger partial charge is 0.410 e. The van der Waals surface area contributed by atoms with Gasteiger partial charge in [-0.3, -0.25) is 4.72 Å². The van der Waals surface area contributed by atoms with Gasteiger partial charge in [0.2, 0.25) is 21.9 Å². The van der Waals surface area contributed by atoms with Crippen LogP contribution in [-0.4, -0.2) is 78.6 Å². The van der Waals surface area contributed by atoms with Crippen molar-refractivity contribution in [3.8, 4) is 22.9 Å². The first-order valence-electron chi connectivity index (χ1n) is 15.6. The fourth-order valence-corrected chi connectivity index (χ4v) is 6.50. The van der Waals surface area contributed by atoms with Gasteiger partial charge in [0.15, 0.2) is 0 Å². The van der Waals surface area contributed by atoms with Crippen molar-refractivity contribution < 1.29 is 27.4 Å². The number of carbonyl (C=O) groups is 1. The summed E-state index contributed by atoms with van der Waals surface area (Å²) in [5, 5.41) is 4.81. The summed E-state index contributed by atoms with van der Waals surface area (Å²) >= 11 is 0. The molecule has 3 heterocycles. The second-order valence-electron chi connectivity index (χ2n) is 12.5. The Bertz CT molecular complexity index is 1830. The zero-order valence-corrected chi connectivity index (χ0v) is 28.3. The molecule has 0 saturated carbocycles. The zero-order chi connectivity index (χ0) is 33.6. The van der Waals surface area contributed by atoms with E-state index in [0.29, 0.717) is 66.0 Å². The van der Waals surface area contributed by atoms with Gasteiger partial charge in [0.25, 0.3) is 0 Å². The van der Waals surface area contributed by atoms with Crippen LogP contribution in [0.15, 0.2) is 60.9 Å². The van der Waals surface area contributed by atoms with Gasteiger partial charge in [0.05, 0.1) is 22.7 Å². The van der Waals surface area contributed by atoms with Crippen molar-refractivity contribution in [1.82, 2.24) is 19.9 Å². The largest absolute Gasteiger partial charge is 0.444 e. The Labute approximate surface area is 275 Å². The molecule has 1 atom stereocenters. The van der Waals surface area contributed by atoms with E-state index >= 15 is 0 Å². The van der Waals surface area contributed by atoms with Gasteiger partial charge in [-0.1, -0.05) is 24.3 Å². The molecule has 0 spiro atoms. The van der Waals surface area contributed by atoms with E-state index in [1.54, 1.807) is 42.6 Å². The summed E-state index contributed by atoms with van der Waals surface area (Å²) in [7, 11) is -2.04. The number of ether oxygens (including phenoxy) is 3. The van der Waals surface area contributed by atoms with Gasteiger partial charge < -0.3 is 24.4 Å². The number of benzene rings is 2. The van der Waals surface area contributed by atoms with Crippen LogP contribution in [0.25, 0.3) is 22.0 Å². The normalized spacial score (nSPS) is 15.3. The van der Waals surface area contributed by atoms with Crippen molar-refractivity contribution in [3.05, 3.63) is 66.5 Å². The average molecular weight is 663 g/mol. The molecule has 250 valence electrons. The van der Waals surface area contributed by atoms with Crippen molar-refractivity contribution in [2.24, 2.45) is 0 Å². The van der Waals surface area contributed by atoms with Gasteiger partial charge in [-0.2, -0.15) is 0 Å². The Morgan fingerprint density at radius 1 is 1.04 bits per heavy atom. The van der Waals surface area contributed by atoms with Gasteiger partial charge in [-0.25, -0.2) is 28.2 Å². The van der Waals surface area contributed by atoms with Crippen LogP contribution in [0.2, 0.25) is 0 Å². The highest BCUT2D eigenvalue weighted by Crippen LogP contribution is 2.39. The molecular formula is C34H42N6O6S. The molecule has 47 heavy (non-hydrogen) atoms. The molecule has 2 aromatic heterocycles. The number of aryl methyl sites for hydroxylation is 1. The lowest BCUT2D eigenvalue weighted by Gasteiger charge is -2.34. The second kappa shape index (κ2) is 14.5. The number of sulfonamides is 1. The lowest BCUT2D eigenvalue weighted by molar-refractivity contribution is 0.0206. The molecule has 1 aliphatic rings. The van der Waals surface area contributed by atoms with Crippen LogP contribution < -0.4 is 14.8 Å². The topological polar surface area (TPSA) is 145 Å².